The SMILES string of the molecule is C[C@H](OC(=O)c1ccccc1F)C(=O)Nc1ccc(N2CCOCC2)cc1. The molecular weight excluding hydrogens is 351 g/mol. The van der Waals surface area contributed by atoms with Gasteiger partial charge >= 0.3 is 5.97 Å². The minimum Gasteiger partial charge on any atom is -0.449 e. The molecule has 0 saturated carbocycles. The van der Waals surface area contributed by atoms with Gasteiger partial charge in [-0.25, -0.2) is 9.18 Å². The van der Waals surface area contributed by atoms with Crippen LogP contribution in [0, 0.1) is 5.82 Å². The van der Waals surface area contributed by atoms with Gasteiger partial charge in [0.05, 0.1) is 18.8 Å². The van der Waals surface area contributed by atoms with Crippen molar-refractivity contribution >= 4 is 23.3 Å². The average molecular weight is 372 g/mol. The van der Waals surface area contributed by atoms with E-state index in [1.54, 1.807) is 12.1 Å². The van der Waals surface area contributed by atoms with Crippen LogP contribution >= 0.6 is 0 Å². The third kappa shape index (κ3) is 4.83. The Kier molecular flexibility index (Phi) is 6.03. The largest absolute Gasteiger partial charge is 0.449 e. The Bertz CT molecular complexity index is 804. The van der Waals surface area contributed by atoms with Crippen molar-refractivity contribution in [1.82, 2.24) is 0 Å². The molecule has 2 aromatic carbocycles. The summed E-state index contributed by atoms with van der Waals surface area (Å²) in [6.45, 7) is 4.49. The molecule has 1 aliphatic rings. The molecule has 1 N–H and O–H groups in total. The molecule has 1 atom stereocenters. The zero-order chi connectivity index (χ0) is 19.2. The number of hydrogen-bond donors (Lipinski definition) is 1. The fourth-order valence-corrected chi connectivity index (χ4v) is 2.73. The van der Waals surface area contributed by atoms with Crippen LogP contribution in [0.2, 0.25) is 0 Å². The second-order valence-corrected chi connectivity index (χ2v) is 6.16. The second kappa shape index (κ2) is 8.64. The molecular formula is C20H21FN2O4. The van der Waals surface area contributed by atoms with Gasteiger partial charge in [-0.2, -0.15) is 0 Å². The summed E-state index contributed by atoms with van der Waals surface area (Å²) in [4.78, 5) is 26.4. The number of hydrogen-bond acceptors (Lipinski definition) is 5. The summed E-state index contributed by atoms with van der Waals surface area (Å²) in [5.41, 5.74) is 1.44. The Morgan fingerprint density at radius 2 is 1.78 bits per heavy atom. The van der Waals surface area contributed by atoms with Crippen LogP contribution in [0.4, 0.5) is 15.8 Å². The van der Waals surface area contributed by atoms with Crippen LogP contribution in [0.15, 0.2) is 48.5 Å². The highest BCUT2D eigenvalue weighted by Crippen LogP contribution is 2.19. The number of benzene rings is 2. The molecule has 1 amide bonds. The standard InChI is InChI=1S/C20H21FN2O4/c1-14(27-20(25)17-4-2-3-5-18(17)21)19(24)22-15-6-8-16(9-7-15)23-10-12-26-13-11-23/h2-9,14H,10-13H2,1H3,(H,22,24)/t14-/m0/s1. The fourth-order valence-electron chi connectivity index (χ4n) is 2.73. The topological polar surface area (TPSA) is 67.9 Å². The summed E-state index contributed by atoms with van der Waals surface area (Å²) in [6.07, 6.45) is -1.06. The molecule has 7 heteroatoms. The minimum absolute atomic E-state index is 0.202. The predicted molar refractivity (Wildman–Crippen MR) is 99.4 cm³/mol. The van der Waals surface area contributed by atoms with Crippen LogP contribution in [-0.4, -0.2) is 44.3 Å². The number of carbonyl (C=O) groups is 2. The first kappa shape index (κ1) is 18.8. The zero-order valence-electron chi connectivity index (χ0n) is 15.0. The Morgan fingerprint density at radius 3 is 2.44 bits per heavy atom. The number of anilines is 2. The lowest BCUT2D eigenvalue weighted by Crippen LogP contribution is -2.36. The minimum atomic E-state index is -1.06. The number of rotatable bonds is 5. The molecule has 27 heavy (non-hydrogen) atoms. The highest BCUT2D eigenvalue weighted by Gasteiger charge is 2.21. The van der Waals surface area contributed by atoms with Gasteiger partial charge in [-0.05, 0) is 43.3 Å². The number of carbonyl (C=O) groups excluding carboxylic acids is 2. The molecule has 3 rings (SSSR count). The molecule has 0 unspecified atom stereocenters. The summed E-state index contributed by atoms with van der Waals surface area (Å²) >= 11 is 0. The van der Waals surface area contributed by atoms with Gasteiger partial charge < -0.3 is 19.7 Å². The lowest BCUT2D eigenvalue weighted by molar-refractivity contribution is -0.123. The summed E-state index contributed by atoms with van der Waals surface area (Å²) < 4.78 is 24.0. The molecule has 1 heterocycles. The van der Waals surface area contributed by atoms with E-state index in [1.807, 2.05) is 12.1 Å². The van der Waals surface area contributed by atoms with E-state index >= 15 is 0 Å². The number of nitrogens with one attached hydrogen (secondary N) is 1. The van der Waals surface area contributed by atoms with Crippen LogP contribution in [-0.2, 0) is 14.3 Å². The van der Waals surface area contributed by atoms with E-state index in [4.69, 9.17) is 9.47 Å². The molecule has 0 aliphatic carbocycles. The van der Waals surface area contributed by atoms with Crippen molar-refractivity contribution in [2.24, 2.45) is 0 Å². The van der Waals surface area contributed by atoms with E-state index in [0.717, 1.165) is 24.8 Å². The molecule has 1 saturated heterocycles. The Labute approximate surface area is 156 Å². The van der Waals surface area contributed by atoms with Crippen LogP contribution in [0.1, 0.15) is 17.3 Å². The maximum absolute atomic E-state index is 13.6. The number of ether oxygens (including phenoxy) is 2. The van der Waals surface area contributed by atoms with Gasteiger partial charge in [0, 0.05) is 24.5 Å². The average Bonchev–Trinajstić information content (AvgIpc) is 2.69. The second-order valence-electron chi connectivity index (χ2n) is 6.16. The molecule has 2 aromatic rings. The monoisotopic (exact) mass is 372 g/mol. The number of halogens is 1. The third-order valence-electron chi connectivity index (χ3n) is 4.26. The van der Waals surface area contributed by atoms with Gasteiger partial charge in [-0.1, -0.05) is 12.1 Å². The van der Waals surface area contributed by atoms with E-state index < -0.39 is 23.8 Å². The normalized spacial score (nSPS) is 15.1. The van der Waals surface area contributed by atoms with Crippen molar-refractivity contribution in [2.75, 3.05) is 36.5 Å². The lowest BCUT2D eigenvalue weighted by atomic mass is 10.2. The summed E-state index contributed by atoms with van der Waals surface area (Å²) in [7, 11) is 0. The van der Waals surface area contributed by atoms with Gasteiger partial charge in [-0.15, -0.1) is 0 Å². The zero-order valence-corrected chi connectivity index (χ0v) is 15.0. The number of morpholine rings is 1. The van der Waals surface area contributed by atoms with Crippen molar-refractivity contribution in [3.05, 3.63) is 59.9 Å². The smallest absolute Gasteiger partial charge is 0.341 e. The van der Waals surface area contributed by atoms with Gasteiger partial charge in [0.1, 0.15) is 5.82 Å². The van der Waals surface area contributed by atoms with E-state index in [-0.39, 0.29) is 5.56 Å². The molecule has 142 valence electrons. The summed E-state index contributed by atoms with van der Waals surface area (Å²) in [5, 5.41) is 2.69. The molecule has 0 spiro atoms. The third-order valence-corrected chi connectivity index (χ3v) is 4.26. The Morgan fingerprint density at radius 1 is 1.11 bits per heavy atom. The molecule has 6 nitrogen and oxygen atoms in total. The van der Waals surface area contributed by atoms with Crippen molar-refractivity contribution in [1.29, 1.82) is 0 Å². The highest BCUT2D eigenvalue weighted by atomic mass is 19.1. The Hall–Kier alpha value is -2.93. The van der Waals surface area contributed by atoms with Gasteiger partial charge in [0.2, 0.25) is 0 Å². The number of amides is 1. The van der Waals surface area contributed by atoms with Crippen molar-refractivity contribution in [2.45, 2.75) is 13.0 Å². The first-order valence-electron chi connectivity index (χ1n) is 8.74. The summed E-state index contributed by atoms with van der Waals surface area (Å²) in [6, 6.07) is 12.9. The van der Waals surface area contributed by atoms with Crippen molar-refractivity contribution < 1.29 is 23.5 Å². The van der Waals surface area contributed by atoms with Crippen LogP contribution in [0.25, 0.3) is 0 Å². The number of nitrogens with zero attached hydrogens (tertiary/aromatic N) is 1. The highest BCUT2D eigenvalue weighted by molar-refractivity contribution is 5.97. The van der Waals surface area contributed by atoms with E-state index in [9.17, 15) is 14.0 Å². The molecule has 0 aromatic heterocycles. The van der Waals surface area contributed by atoms with Gasteiger partial charge in [-0.3, -0.25) is 4.79 Å². The molecule has 0 radical (unpaired) electrons. The van der Waals surface area contributed by atoms with E-state index in [0.29, 0.717) is 18.9 Å². The van der Waals surface area contributed by atoms with Crippen LogP contribution in [0.5, 0.6) is 0 Å². The quantitative estimate of drug-likeness (QED) is 0.818. The molecule has 1 fully saturated rings. The number of esters is 1. The first-order chi connectivity index (χ1) is 13.0. The Balaban J connectivity index is 1.56. The summed E-state index contributed by atoms with van der Waals surface area (Å²) in [5.74, 6) is -2.05. The van der Waals surface area contributed by atoms with Crippen molar-refractivity contribution in [3.63, 3.8) is 0 Å². The van der Waals surface area contributed by atoms with Crippen LogP contribution < -0.4 is 10.2 Å². The first-order valence-corrected chi connectivity index (χ1v) is 8.74. The fraction of sp³-hybridized carbons (Fsp3) is 0.300. The lowest BCUT2D eigenvalue weighted by Gasteiger charge is -2.28. The molecule has 0 bridgehead atoms. The van der Waals surface area contributed by atoms with Gasteiger partial charge in [0.25, 0.3) is 5.91 Å². The maximum Gasteiger partial charge on any atom is 0.341 e. The van der Waals surface area contributed by atoms with E-state index in [1.165, 1.54) is 25.1 Å². The van der Waals surface area contributed by atoms with Crippen molar-refractivity contribution in [3.8, 4) is 0 Å². The molecule has 1 aliphatic heterocycles. The van der Waals surface area contributed by atoms with Crippen LogP contribution in [0.3, 0.4) is 0 Å². The predicted octanol–water partition coefficient (Wildman–Crippen LogP) is 2.85. The maximum atomic E-state index is 13.6. The van der Waals surface area contributed by atoms with Gasteiger partial charge in [0.15, 0.2) is 6.10 Å². The van der Waals surface area contributed by atoms with E-state index in [2.05, 4.69) is 10.2 Å².